The first-order chi connectivity index (χ1) is 8.66. The van der Waals surface area contributed by atoms with E-state index in [9.17, 15) is 0 Å². The first-order valence-electron chi connectivity index (χ1n) is 5.60. The van der Waals surface area contributed by atoms with Gasteiger partial charge in [-0.25, -0.2) is 0 Å². The Balaban J connectivity index is 1.82. The smallest absolute Gasteiger partial charge is 0.226 e. The highest BCUT2D eigenvalue weighted by atomic mass is 35.5. The first kappa shape index (κ1) is 12.7. The van der Waals surface area contributed by atoms with Gasteiger partial charge in [0, 0.05) is 19.1 Å². The molecule has 0 aliphatic carbocycles. The third kappa shape index (κ3) is 3.13. The molecular formula is C12H15ClN4O. The molecule has 0 atom stereocenters. The van der Waals surface area contributed by atoms with Crippen LogP contribution < -0.4 is 9.64 Å². The molecule has 5 nitrogen and oxygen atoms in total. The molecule has 18 heavy (non-hydrogen) atoms. The minimum Gasteiger partial charge on any atom is -0.492 e. The molecule has 96 valence electrons. The largest absolute Gasteiger partial charge is 0.492 e. The van der Waals surface area contributed by atoms with Gasteiger partial charge in [0.25, 0.3) is 0 Å². The molecule has 6 heteroatoms. The SMILES string of the molecule is CN(CCOc1ccc(Cl)cc1)c1nncn1C. The number of anilines is 1. The normalized spacial score (nSPS) is 10.4. The molecule has 2 rings (SSSR count). The molecular weight excluding hydrogens is 252 g/mol. The van der Waals surface area contributed by atoms with Crippen molar-refractivity contribution in [2.45, 2.75) is 0 Å². The van der Waals surface area contributed by atoms with Crippen molar-refractivity contribution in [2.75, 3.05) is 25.1 Å². The highest BCUT2D eigenvalue weighted by Gasteiger charge is 2.06. The second-order valence-electron chi connectivity index (χ2n) is 3.97. The number of nitrogens with zero attached hydrogens (tertiary/aromatic N) is 4. The van der Waals surface area contributed by atoms with E-state index >= 15 is 0 Å². The summed E-state index contributed by atoms with van der Waals surface area (Å²) in [4.78, 5) is 1.99. The number of benzene rings is 1. The molecule has 1 aromatic carbocycles. The second-order valence-corrected chi connectivity index (χ2v) is 4.40. The van der Waals surface area contributed by atoms with Gasteiger partial charge in [-0.1, -0.05) is 11.6 Å². The van der Waals surface area contributed by atoms with Crippen molar-refractivity contribution >= 4 is 17.5 Å². The van der Waals surface area contributed by atoms with Crippen LogP contribution in [-0.2, 0) is 7.05 Å². The van der Waals surface area contributed by atoms with E-state index in [1.165, 1.54) is 0 Å². The minimum absolute atomic E-state index is 0.574. The predicted octanol–water partition coefficient (Wildman–Crippen LogP) is 1.98. The van der Waals surface area contributed by atoms with Crippen LogP contribution in [0.4, 0.5) is 5.95 Å². The van der Waals surface area contributed by atoms with Gasteiger partial charge in [0.15, 0.2) is 0 Å². The van der Waals surface area contributed by atoms with Crippen LogP contribution in [0, 0.1) is 0 Å². The van der Waals surface area contributed by atoms with Crippen molar-refractivity contribution in [1.29, 1.82) is 0 Å². The molecule has 0 fully saturated rings. The van der Waals surface area contributed by atoms with Crippen LogP contribution in [0.2, 0.25) is 5.02 Å². The summed E-state index contributed by atoms with van der Waals surface area (Å²) in [6.07, 6.45) is 1.67. The van der Waals surface area contributed by atoms with E-state index in [4.69, 9.17) is 16.3 Å². The van der Waals surface area contributed by atoms with Crippen LogP contribution in [-0.4, -0.2) is 35.0 Å². The molecule has 0 radical (unpaired) electrons. The standard InChI is InChI=1S/C12H15ClN4O/c1-16(12-15-14-9-17(12)2)7-8-18-11-5-3-10(13)4-6-11/h3-6,9H,7-8H2,1-2H3. The van der Waals surface area contributed by atoms with Crippen LogP contribution in [0.1, 0.15) is 0 Å². The Kier molecular flexibility index (Phi) is 4.04. The van der Waals surface area contributed by atoms with E-state index in [1.54, 1.807) is 6.33 Å². The summed E-state index contributed by atoms with van der Waals surface area (Å²) in [6, 6.07) is 7.32. The van der Waals surface area contributed by atoms with Gasteiger partial charge in [-0.2, -0.15) is 0 Å². The minimum atomic E-state index is 0.574. The molecule has 0 N–H and O–H groups in total. The lowest BCUT2D eigenvalue weighted by Crippen LogP contribution is -2.26. The van der Waals surface area contributed by atoms with E-state index < -0.39 is 0 Å². The fourth-order valence-electron chi connectivity index (χ4n) is 1.55. The van der Waals surface area contributed by atoms with Crippen molar-refractivity contribution in [1.82, 2.24) is 14.8 Å². The average Bonchev–Trinajstić information content (AvgIpc) is 2.78. The maximum atomic E-state index is 5.80. The average molecular weight is 267 g/mol. The fraction of sp³-hybridized carbons (Fsp3) is 0.333. The van der Waals surface area contributed by atoms with Crippen molar-refractivity contribution in [3.63, 3.8) is 0 Å². The summed E-state index contributed by atoms with van der Waals surface area (Å²) in [7, 11) is 3.86. The quantitative estimate of drug-likeness (QED) is 0.830. The van der Waals surface area contributed by atoms with Crippen LogP contribution in [0.25, 0.3) is 0 Å². The van der Waals surface area contributed by atoms with E-state index in [0.717, 1.165) is 18.2 Å². The number of aryl methyl sites for hydroxylation is 1. The molecule has 0 amide bonds. The van der Waals surface area contributed by atoms with Gasteiger partial charge in [-0.3, -0.25) is 0 Å². The third-order valence-electron chi connectivity index (χ3n) is 2.54. The number of aromatic nitrogens is 3. The molecule has 0 bridgehead atoms. The van der Waals surface area contributed by atoms with Crippen molar-refractivity contribution in [3.05, 3.63) is 35.6 Å². The summed E-state index contributed by atoms with van der Waals surface area (Å²) in [5, 5.41) is 8.56. The zero-order valence-electron chi connectivity index (χ0n) is 10.4. The Hall–Kier alpha value is -1.75. The maximum absolute atomic E-state index is 5.80. The summed E-state index contributed by atoms with van der Waals surface area (Å²) < 4.78 is 7.48. The zero-order valence-corrected chi connectivity index (χ0v) is 11.1. The van der Waals surface area contributed by atoms with Gasteiger partial charge in [0.1, 0.15) is 18.7 Å². The summed E-state index contributed by atoms with van der Waals surface area (Å²) >= 11 is 5.80. The number of rotatable bonds is 5. The summed E-state index contributed by atoms with van der Waals surface area (Å²) in [5.74, 6) is 1.63. The number of likely N-dealkylation sites (N-methyl/N-ethyl adjacent to an activating group) is 1. The maximum Gasteiger partial charge on any atom is 0.226 e. The topological polar surface area (TPSA) is 43.2 Å². The molecule has 0 saturated heterocycles. The van der Waals surface area contributed by atoms with Crippen LogP contribution in [0.5, 0.6) is 5.75 Å². The van der Waals surface area contributed by atoms with E-state index in [-0.39, 0.29) is 0 Å². The van der Waals surface area contributed by atoms with Crippen molar-refractivity contribution in [2.24, 2.45) is 7.05 Å². The number of hydrogen-bond donors (Lipinski definition) is 0. The molecule has 1 heterocycles. The van der Waals surface area contributed by atoms with Gasteiger partial charge in [0.2, 0.25) is 5.95 Å². The van der Waals surface area contributed by atoms with E-state index in [1.807, 2.05) is 47.8 Å². The summed E-state index contributed by atoms with van der Waals surface area (Å²) in [6.45, 7) is 1.31. The second kappa shape index (κ2) is 5.73. The van der Waals surface area contributed by atoms with Crippen molar-refractivity contribution in [3.8, 4) is 5.75 Å². The molecule has 0 spiro atoms. The Labute approximate surface area is 111 Å². The van der Waals surface area contributed by atoms with Crippen molar-refractivity contribution < 1.29 is 4.74 Å². The van der Waals surface area contributed by atoms with Gasteiger partial charge >= 0.3 is 0 Å². The lowest BCUT2D eigenvalue weighted by Gasteiger charge is -2.17. The molecule has 0 unspecified atom stereocenters. The lowest BCUT2D eigenvalue weighted by atomic mass is 10.3. The Bertz CT molecular complexity index is 497. The molecule has 0 aliphatic rings. The van der Waals surface area contributed by atoms with Gasteiger partial charge in [-0.15, -0.1) is 10.2 Å². The zero-order chi connectivity index (χ0) is 13.0. The highest BCUT2D eigenvalue weighted by Crippen LogP contribution is 2.15. The highest BCUT2D eigenvalue weighted by molar-refractivity contribution is 6.30. The van der Waals surface area contributed by atoms with Gasteiger partial charge in [-0.05, 0) is 24.3 Å². The molecule has 0 saturated carbocycles. The van der Waals surface area contributed by atoms with E-state index in [2.05, 4.69) is 10.2 Å². The number of hydrogen-bond acceptors (Lipinski definition) is 4. The van der Waals surface area contributed by atoms with E-state index in [0.29, 0.717) is 11.6 Å². The Morgan fingerprint density at radius 2 is 2.06 bits per heavy atom. The van der Waals surface area contributed by atoms with Crippen LogP contribution in [0.3, 0.4) is 0 Å². The van der Waals surface area contributed by atoms with Gasteiger partial charge in [0.05, 0.1) is 6.54 Å². The fourth-order valence-corrected chi connectivity index (χ4v) is 1.68. The van der Waals surface area contributed by atoms with Gasteiger partial charge < -0.3 is 14.2 Å². The Morgan fingerprint density at radius 1 is 1.33 bits per heavy atom. The predicted molar refractivity (Wildman–Crippen MR) is 71.2 cm³/mol. The monoisotopic (exact) mass is 266 g/mol. The Morgan fingerprint density at radius 3 is 2.67 bits per heavy atom. The number of halogens is 1. The molecule has 2 aromatic rings. The molecule has 1 aromatic heterocycles. The molecule has 0 aliphatic heterocycles. The summed E-state index contributed by atoms with van der Waals surface area (Å²) in [5.41, 5.74) is 0. The van der Waals surface area contributed by atoms with Crippen LogP contribution >= 0.6 is 11.6 Å². The van der Waals surface area contributed by atoms with Crippen LogP contribution in [0.15, 0.2) is 30.6 Å². The third-order valence-corrected chi connectivity index (χ3v) is 2.79. The first-order valence-corrected chi connectivity index (χ1v) is 5.98. The lowest BCUT2D eigenvalue weighted by molar-refractivity contribution is 0.325. The number of ether oxygens (including phenoxy) is 1.